The summed E-state index contributed by atoms with van der Waals surface area (Å²) in [6.07, 6.45) is 0. The van der Waals surface area contributed by atoms with Crippen LogP contribution in [0.3, 0.4) is 0 Å². The molecule has 0 saturated heterocycles. The number of rotatable bonds is 4. The fraction of sp³-hybridized carbons (Fsp3) is 0. The Morgan fingerprint density at radius 3 is 1.52 bits per heavy atom. The third kappa shape index (κ3) is 4.49. The summed E-state index contributed by atoms with van der Waals surface area (Å²) >= 11 is 43.6. The molecular weight excluding hydrogens is 524 g/mol. The zero-order chi connectivity index (χ0) is 21.5. The van der Waals surface area contributed by atoms with Gasteiger partial charge in [-0.15, -0.1) is 0 Å². The Bertz CT molecular complexity index is 1120. The maximum atomic E-state index is 6.45. The summed E-state index contributed by atoms with van der Waals surface area (Å²) in [6.45, 7) is 0. The lowest BCUT2D eigenvalue weighted by molar-refractivity contribution is 0.462. The van der Waals surface area contributed by atoms with Gasteiger partial charge in [0.1, 0.15) is 20.1 Å². The minimum Gasteiger partial charge on any atom is -0.452 e. The van der Waals surface area contributed by atoms with Gasteiger partial charge in [0.2, 0.25) is 0 Å². The summed E-state index contributed by atoms with van der Waals surface area (Å²) in [5.74, 6) is 0.132. The van der Waals surface area contributed by atoms with Gasteiger partial charge in [-0.1, -0.05) is 81.2 Å². The lowest BCUT2D eigenvalue weighted by atomic mass is 10.2. The molecule has 3 rings (SSSR count). The van der Waals surface area contributed by atoms with E-state index in [0.29, 0.717) is 0 Å². The van der Waals surface area contributed by atoms with Crippen molar-refractivity contribution in [2.24, 2.45) is 0 Å². The van der Waals surface area contributed by atoms with E-state index in [2.05, 4.69) is 0 Å². The maximum absolute atomic E-state index is 6.45. The molecule has 0 radical (unpaired) electrons. The second kappa shape index (κ2) is 8.94. The Hall–Kier alpha value is -1.11. The van der Waals surface area contributed by atoms with Gasteiger partial charge in [-0.05, 0) is 24.3 Å². The van der Waals surface area contributed by atoms with Gasteiger partial charge in [0.15, 0.2) is 23.0 Å². The van der Waals surface area contributed by atoms with E-state index in [1.54, 1.807) is 0 Å². The van der Waals surface area contributed by atoms with Gasteiger partial charge >= 0.3 is 0 Å². The van der Waals surface area contributed by atoms with Gasteiger partial charge in [0.25, 0.3) is 0 Å². The molecule has 11 heteroatoms. The van der Waals surface area contributed by atoms with Crippen LogP contribution >= 0.6 is 81.2 Å². The summed E-state index contributed by atoms with van der Waals surface area (Å²) in [7, 11) is 0. The maximum Gasteiger partial charge on any atom is 0.170 e. The van der Waals surface area contributed by atoms with E-state index >= 15 is 0 Å². The highest BCUT2D eigenvalue weighted by Crippen LogP contribution is 2.51. The van der Waals surface area contributed by atoms with Crippen molar-refractivity contribution in [3.8, 4) is 23.0 Å². The van der Waals surface area contributed by atoms with Crippen LogP contribution < -0.4 is 20.9 Å². The van der Waals surface area contributed by atoms with E-state index in [-0.39, 0.29) is 69.5 Å². The van der Waals surface area contributed by atoms with Crippen molar-refractivity contribution in [1.29, 1.82) is 0 Å². The van der Waals surface area contributed by atoms with Crippen LogP contribution in [0.25, 0.3) is 0 Å². The lowest BCUT2D eigenvalue weighted by Gasteiger charge is -2.17. The van der Waals surface area contributed by atoms with Gasteiger partial charge in [0, 0.05) is 6.07 Å². The topological polar surface area (TPSA) is 70.5 Å². The van der Waals surface area contributed by atoms with Crippen LogP contribution in [0.2, 0.25) is 35.2 Å². The number of nitrogen functional groups attached to an aromatic ring is 2. The van der Waals surface area contributed by atoms with Crippen LogP contribution in [-0.4, -0.2) is 0 Å². The molecule has 0 spiro atoms. The third-order valence-corrected chi connectivity index (χ3v) is 6.16. The second-order valence-corrected chi connectivity index (χ2v) is 8.31. The van der Waals surface area contributed by atoms with Crippen molar-refractivity contribution >= 4 is 92.6 Å². The molecule has 0 fully saturated rings. The molecular formula is C18H9Cl7N2O2. The number of ether oxygens (including phenoxy) is 2. The molecule has 0 amide bonds. The first-order valence-corrected chi connectivity index (χ1v) is 10.3. The fourth-order valence-electron chi connectivity index (χ4n) is 2.22. The number of anilines is 2. The standard InChI is InChI=1S/C18H9Cl7N2O2/c19-6-1-3-9(26)13(23)16(6)28-11-5-8(21)12(22)18(15(11)25)29-17-7(20)2-4-10(27)14(17)24/h1-5H,26-27H2. The molecule has 0 heterocycles. The highest BCUT2D eigenvalue weighted by atomic mass is 35.5. The predicted molar refractivity (Wildman–Crippen MR) is 123 cm³/mol. The Morgan fingerprint density at radius 2 is 1.00 bits per heavy atom. The Balaban J connectivity index is 2.11. The average Bonchev–Trinajstić information content (AvgIpc) is 2.68. The molecule has 29 heavy (non-hydrogen) atoms. The molecule has 4 nitrogen and oxygen atoms in total. The average molecular weight is 533 g/mol. The zero-order valence-electron chi connectivity index (χ0n) is 14.0. The molecule has 0 saturated carbocycles. The van der Waals surface area contributed by atoms with Crippen LogP contribution in [0.1, 0.15) is 0 Å². The third-order valence-electron chi connectivity index (χ3n) is 3.66. The number of benzene rings is 3. The first kappa shape index (κ1) is 22.6. The van der Waals surface area contributed by atoms with Gasteiger partial charge in [-0.25, -0.2) is 0 Å². The minimum atomic E-state index is -0.0543. The summed E-state index contributed by atoms with van der Waals surface area (Å²) in [5.41, 5.74) is 12.1. The summed E-state index contributed by atoms with van der Waals surface area (Å²) < 4.78 is 11.5. The van der Waals surface area contributed by atoms with Crippen molar-refractivity contribution < 1.29 is 9.47 Å². The van der Waals surface area contributed by atoms with Crippen molar-refractivity contribution in [2.45, 2.75) is 0 Å². The monoisotopic (exact) mass is 530 g/mol. The normalized spacial score (nSPS) is 10.9. The smallest absolute Gasteiger partial charge is 0.170 e. The van der Waals surface area contributed by atoms with Crippen LogP contribution in [-0.2, 0) is 0 Å². The second-order valence-electron chi connectivity index (χ2n) is 5.58. The van der Waals surface area contributed by atoms with E-state index in [0.717, 1.165) is 0 Å². The number of hydrogen-bond acceptors (Lipinski definition) is 4. The molecule has 0 bridgehead atoms. The zero-order valence-corrected chi connectivity index (χ0v) is 19.3. The molecule has 0 aliphatic rings. The fourth-order valence-corrected chi connectivity index (χ4v) is 3.76. The first-order valence-electron chi connectivity index (χ1n) is 7.62. The number of nitrogens with two attached hydrogens (primary N) is 2. The predicted octanol–water partition coefficient (Wildman–Crippen LogP) is 9.01. The van der Waals surface area contributed by atoms with E-state index in [9.17, 15) is 0 Å². The lowest BCUT2D eigenvalue weighted by Crippen LogP contribution is -1.96. The van der Waals surface area contributed by atoms with Crippen LogP contribution in [0, 0.1) is 0 Å². The van der Waals surface area contributed by atoms with Crippen molar-refractivity contribution in [3.05, 3.63) is 65.5 Å². The Morgan fingerprint density at radius 1 is 0.517 bits per heavy atom. The molecule has 0 atom stereocenters. The van der Waals surface area contributed by atoms with Gasteiger partial charge in [-0.3, -0.25) is 0 Å². The van der Waals surface area contributed by atoms with Crippen LogP contribution in [0.15, 0.2) is 30.3 Å². The summed E-state index contributed by atoms with van der Waals surface area (Å²) in [6, 6.07) is 7.46. The molecule has 0 aromatic heterocycles. The highest BCUT2D eigenvalue weighted by Gasteiger charge is 2.23. The Labute approximate surface area is 201 Å². The van der Waals surface area contributed by atoms with E-state index in [4.69, 9.17) is 102 Å². The van der Waals surface area contributed by atoms with E-state index in [1.807, 2.05) is 0 Å². The van der Waals surface area contributed by atoms with E-state index in [1.165, 1.54) is 30.3 Å². The molecule has 4 N–H and O–H groups in total. The minimum absolute atomic E-state index is 0.00310. The summed E-state index contributed by atoms with van der Waals surface area (Å²) in [4.78, 5) is 0. The van der Waals surface area contributed by atoms with Gasteiger partial charge in [0.05, 0.1) is 26.4 Å². The molecule has 152 valence electrons. The van der Waals surface area contributed by atoms with E-state index < -0.39 is 0 Å². The SMILES string of the molecule is Nc1ccc(Cl)c(Oc2cc(Cl)c(Cl)c(Oc3c(Cl)ccc(N)c3Cl)c2Cl)c1Cl. The number of hydrogen-bond donors (Lipinski definition) is 2. The first-order chi connectivity index (χ1) is 13.6. The van der Waals surface area contributed by atoms with Gasteiger partial charge in [-0.2, -0.15) is 0 Å². The quantitative estimate of drug-likeness (QED) is 0.259. The van der Waals surface area contributed by atoms with Crippen molar-refractivity contribution in [2.75, 3.05) is 11.5 Å². The van der Waals surface area contributed by atoms with Crippen molar-refractivity contribution in [3.63, 3.8) is 0 Å². The molecule has 3 aromatic rings. The summed E-state index contributed by atoms with van der Waals surface area (Å²) in [5, 5.41) is 0.606. The van der Waals surface area contributed by atoms with Crippen LogP contribution in [0.5, 0.6) is 23.0 Å². The molecule has 0 aliphatic heterocycles. The largest absolute Gasteiger partial charge is 0.452 e. The van der Waals surface area contributed by atoms with Crippen molar-refractivity contribution in [1.82, 2.24) is 0 Å². The Kier molecular flexibility index (Phi) is 6.96. The van der Waals surface area contributed by atoms with Gasteiger partial charge < -0.3 is 20.9 Å². The highest BCUT2D eigenvalue weighted by molar-refractivity contribution is 6.45. The molecule has 0 unspecified atom stereocenters. The molecule has 0 aliphatic carbocycles. The van der Waals surface area contributed by atoms with Crippen LogP contribution in [0.4, 0.5) is 11.4 Å². The number of halogens is 7. The molecule has 3 aromatic carbocycles.